The lowest BCUT2D eigenvalue weighted by molar-refractivity contribution is -0.142. The van der Waals surface area contributed by atoms with E-state index in [0.29, 0.717) is 12.0 Å². The number of carbonyl (C=O) groups is 2. The zero-order valence-corrected chi connectivity index (χ0v) is 13.5. The molecule has 21 heavy (non-hydrogen) atoms. The predicted octanol–water partition coefficient (Wildman–Crippen LogP) is 3.34. The Balaban J connectivity index is 0.00000191. The Kier molecular flexibility index (Phi) is 9.59. The molecule has 0 aliphatic carbocycles. The molecule has 4 heteroatoms. The maximum atomic E-state index is 12.0. The van der Waals surface area contributed by atoms with Crippen molar-refractivity contribution in [3.8, 4) is 0 Å². The molecule has 0 aliphatic heterocycles. The van der Waals surface area contributed by atoms with Crippen molar-refractivity contribution in [2.45, 2.75) is 40.2 Å². The van der Waals surface area contributed by atoms with E-state index < -0.39 is 12.0 Å². The molecule has 0 spiro atoms. The van der Waals surface area contributed by atoms with Crippen molar-refractivity contribution in [3.05, 3.63) is 47.5 Å². The molecule has 0 unspecified atom stereocenters. The van der Waals surface area contributed by atoms with Crippen LogP contribution < -0.4 is 5.32 Å². The molecule has 0 aliphatic rings. The number of benzene rings is 1. The average Bonchev–Trinajstić information content (AvgIpc) is 2.53. The van der Waals surface area contributed by atoms with Crippen molar-refractivity contribution in [3.63, 3.8) is 0 Å². The zero-order chi connectivity index (χ0) is 16.3. The smallest absolute Gasteiger partial charge is 0.328 e. The second kappa shape index (κ2) is 10.7. The number of rotatable bonds is 5. The molecule has 1 rings (SSSR count). The van der Waals surface area contributed by atoms with Crippen LogP contribution in [0.15, 0.2) is 42.0 Å². The summed E-state index contributed by atoms with van der Waals surface area (Å²) in [6.45, 7) is 7.88. The fourth-order valence-corrected chi connectivity index (χ4v) is 1.54. The molecule has 1 N–H and O–H groups in total. The van der Waals surface area contributed by atoms with Gasteiger partial charge in [0.15, 0.2) is 0 Å². The summed E-state index contributed by atoms with van der Waals surface area (Å²) in [5, 5.41) is 2.68. The number of carbonyl (C=O) groups excluding carboxylic acids is 2. The van der Waals surface area contributed by atoms with Crippen LogP contribution in [-0.4, -0.2) is 25.0 Å². The summed E-state index contributed by atoms with van der Waals surface area (Å²) < 4.78 is 4.70. The first-order chi connectivity index (χ1) is 10.0. The van der Waals surface area contributed by atoms with Crippen molar-refractivity contribution >= 4 is 11.9 Å². The highest BCUT2D eigenvalue weighted by molar-refractivity contribution is 5.96. The van der Waals surface area contributed by atoms with Crippen LogP contribution in [0, 0.1) is 0 Å². The molecule has 1 atom stereocenters. The summed E-state index contributed by atoms with van der Waals surface area (Å²) in [5.41, 5.74) is 1.61. The van der Waals surface area contributed by atoms with Crippen LogP contribution in [0.5, 0.6) is 0 Å². The third-order valence-corrected chi connectivity index (χ3v) is 2.59. The average molecular weight is 291 g/mol. The maximum absolute atomic E-state index is 12.0. The van der Waals surface area contributed by atoms with Gasteiger partial charge in [0.2, 0.25) is 0 Å². The Morgan fingerprint density at radius 3 is 2.24 bits per heavy atom. The first kappa shape index (κ1) is 18.9. The summed E-state index contributed by atoms with van der Waals surface area (Å²) in [4.78, 5) is 23.6. The third-order valence-electron chi connectivity index (χ3n) is 2.59. The fourth-order valence-electron chi connectivity index (χ4n) is 1.54. The third kappa shape index (κ3) is 7.30. The minimum atomic E-state index is -0.660. The first-order valence-electron chi connectivity index (χ1n) is 7.11. The van der Waals surface area contributed by atoms with Crippen LogP contribution in [0.3, 0.4) is 0 Å². The second-order valence-corrected chi connectivity index (χ2v) is 4.43. The highest BCUT2D eigenvalue weighted by Crippen LogP contribution is 2.04. The zero-order valence-electron chi connectivity index (χ0n) is 13.5. The van der Waals surface area contributed by atoms with E-state index in [-0.39, 0.29) is 5.91 Å². The highest BCUT2D eigenvalue weighted by Gasteiger charge is 2.20. The van der Waals surface area contributed by atoms with Gasteiger partial charge in [0.05, 0.1) is 7.11 Å². The van der Waals surface area contributed by atoms with Crippen LogP contribution in [0.4, 0.5) is 0 Å². The number of nitrogens with one attached hydrogen (secondary N) is 1. The molecule has 0 saturated carbocycles. The van der Waals surface area contributed by atoms with Crippen LogP contribution in [0.1, 0.15) is 44.5 Å². The van der Waals surface area contributed by atoms with E-state index in [1.54, 1.807) is 24.3 Å². The quantitative estimate of drug-likeness (QED) is 0.668. The molecule has 1 aromatic carbocycles. The number of hydrogen-bond donors (Lipinski definition) is 1. The van der Waals surface area contributed by atoms with E-state index >= 15 is 0 Å². The topological polar surface area (TPSA) is 55.4 Å². The van der Waals surface area contributed by atoms with Crippen LogP contribution >= 0.6 is 0 Å². The first-order valence-corrected chi connectivity index (χ1v) is 7.11. The predicted molar refractivity (Wildman–Crippen MR) is 85.1 cm³/mol. The number of amides is 1. The van der Waals surface area contributed by atoms with Crippen molar-refractivity contribution in [2.75, 3.05) is 7.11 Å². The molecule has 0 aromatic heterocycles. The Morgan fingerprint density at radius 1 is 1.19 bits per heavy atom. The molecule has 116 valence electrons. The Hall–Kier alpha value is -2.10. The van der Waals surface area contributed by atoms with Gasteiger partial charge in [0, 0.05) is 5.56 Å². The molecule has 0 radical (unpaired) electrons. The molecule has 0 bridgehead atoms. The second-order valence-electron chi connectivity index (χ2n) is 4.43. The molecule has 0 fully saturated rings. The molecule has 0 heterocycles. The summed E-state index contributed by atoms with van der Waals surface area (Å²) in [6, 6.07) is 8.12. The van der Waals surface area contributed by atoms with Gasteiger partial charge in [-0.15, -0.1) is 0 Å². The number of hydrogen-bond acceptors (Lipinski definition) is 3. The normalized spacial score (nSPS) is 10.5. The van der Waals surface area contributed by atoms with Gasteiger partial charge < -0.3 is 10.1 Å². The van der Waals surface area contributed by atoms with Gasteiger partial charge >= 0.3 is 5.97 Å². The van der Waals surface area contributed by atoms with E-state index in [4.69, 9.17) is 4.74 Å². The van der Waals surface area contributed by atoms with Gasteiger partial charge in [0.1, 0.15) is 6.04 Å². The lowest BCUT2D eigenvalue weighted by atomic mass is 10.1. The maximum Gasteiger partial charge on any atom is 0.328 e. The Bertz CT molecular complexity index is 462. The summed E-state index contributed by atoms with van der Waals surface area (Å²) >= 11 is 0. The number of ether oxygens (including phenoxy) is 1. The van der Waals surface area contributed by atoms with Gasteiger partial charge in [-0.1, -0.05) is 43.7 Å². The van der Waals surface area contributed by atoms with E-state index in [2.05, 4.69) is 5.32 Å². The minimum Gasteiger partial charge on any atom is -0.467 e. The molecular weight excluding hydrogens is 266 g/mol. The summed E-state index contributed by atoms with van der Waals surface area (Å²) in [5.74, 6) is -0.722. The van der Waals surface area contributed by atoms with Gasteiger partial charge in [-0.3, -0.25) is 4.79 Å². The number of esters is 1. The monoisotopic (exact) mass is 291 g/mol. The van der Waals surface area contributed by atoms with E-state index in [9.17, 15) is 9.59 Å². The lowest BCUT2D eigenvalue weighted by Crippen LogP contribution is -2.41. The summed E-state index contributed by atoms with van der Waals surface area (Å²) in [6.07, 6.45) is 2.32. The molecule has 1 amide bonds. The number of methoxy groups -OCH3 is 1. The molecule has 0 saturated heterocycles. The lowest BCUT2D eigenvalue weighted by Gasteiger charge is -2.15. The fraction of sp³-hybridized carbons (Fsp3) is 0.412. The summed E-state index contributed by atoms with van der Waals surface area (Å²) in [7, 11) is 1.31. The van der Waals surface area contributed by atoms with Crippen molar-refractivity contribution < 1.29 is 14.3 Å². The standard InChI is InChI=1S/C15H19NO3.C2H6/c1-11(2)9-10-13(15(18)19-3)16-14(17)12-7-5-4-6-8-12;1-2/h4-9,13H,10H2,1-3H3,(H,16,17);1-2H3/t13-;/m0./s1. The Labute approximate surface area is 127 Å². The number of allylic oxidation sites excluding steroid dienone is 1. The van der Waals surface area contributed by atoms with Crippen LogP contribution in [-0.2, 0) is 9.53 Å². The van der Waals surface area contributed by atoms with Crippen molar-refractivity contribution in [1.29, 1.82) is 0 Å². The SMILES string of the molecule is CC.COC(=O)[C@H](CC=C(C)C)NC(=O)c1ccccc1. The van der Waals surface area contributed by atoms with Crippen molar-refractivity contribution in [1.82, 2.24) is 5.32 Å². The van der Waals surface area contributed by atoms with Gasteiger partial charge in [-0.25, -0.2) is 4.79 Å². The van der Waals surface area contributed by atoms with Gasteiger partial charge in [-0.2, -0.15) is 0 Å². The van der Waals surface area contributed by atoms with Gasteiger partial charge in [-0.05, 0) is 32.4 Å². The van der Waals surface area contributed by atoms with Crippen molar-refractivity contribution in [2.24, 2.45) is 0 Å². The van der Waals surface area contributed by atoms with Crippen LogP contribution in [0.25, 0.3) is 0 Å². The van der Waals surface area contributed by atoms with E-state index in [0.717, 1.165) is 5.57 Å². The van der Waals surface area contributed by atoms with E-state index in [1.165, 1.54) is 7.11 Å². The van der Waals surface area contributed by atoms with E-state index in [1.807, 2.05) is 39.8 Å². The molecule has 1 aromatic rings. The Morgan fingerprint density at radius 2 is 1.76 bits per heavy atom. The molecular formula is C17H25NO3. The van der Waals surface area contributed by atoms with Gasteiger partial charge in [0.25, 0.3) is 5.91 Å². The highest BCUT2D eigenvalue weighted by atomic mass is 16.5. The minimum absolute atomic E-state index is 0.279. The largest absolute Gasteiger partial charge is 0.467 e. The molecule has 4 nitrogen and oxygen atoms in total. The van der Waals surface area contributed by atoms with Crippen LogP contribution in [0.2, 0.25) is 0 Å².